The van der Waals surface area contributed by atoms with Crippen molar-refractivity contribution in [2.75, 3.05) is 44.2 Å². The molecule has 2 heterocycles. The Labute approximate surface area is 171 Å². The summed E-state index contributed by atoms with van der Waals surface area (Å²) in [7, 11) is -1.81. The summed E-state index contributed by atoms with van der Waals surface area (Å²) in [4.78, 5) is 2.07. The van der Waals surface area contributed by atoms with E-state index in [9.17, 15) is 8.42 Å². The van der Waals surface area contributed by atoms with Crippen molar-refractivity contribution in [1.82, 2.24) is 4.90 Å². The maximum absolute atomic E-state index is 13.0. The van der Waals surface area contributed by atoms with E-state index >= 15 is 0 Å². The number of ether oxygens (including phenoxy) is 2. The molecule has 0 N–H and O–H groups in total. The second kappa shape index (κ2) is 7.93. The van der Waals surface area contributed by atoms with Gasteiger partial charge in [0.2, 0.25) is 10.0 Å². The number of hydrogen-bond acceptors (Lipinski definition) is 6. The zero-order chi connectivity index (χ0) is 20.4. The molecule has 0 spiro atoms. The van der Waals surface area contributed by atoms with Crippen LogP contribution in [-0.2, 0) is 16.4 Å². The van der Waals surface area contributed by atoms with Crippen molar-refractivity contribution in [3.63, 3.8) is 0 Å². The second-order valence-electron chi connectivity index (χ2n) is 7.20. The Morgan fingerprint density at radius 1 is 1.17 bits per heavy atom. The molecule has 2 aromatic carbocycles. The van der Waals surface area contributed by atoms with Gasteiger partial charge in [0, 0.05) is 32.2 Å². The summed E-state index contributed by atoms with van der Waals surface area (Å²) >= 11 is 0. The Bertz CT molecular complexity index is 1040. The topological polar surface area (TPSA) is 82.9 Å². The van der Waals surface area contributed by atoms with E-state index in [1.54, 1.807) is 22.5 Å². The van der Waals surface area contributed by atoms with Crippen molar-refractivity contribution in [2.24, 2.45) is 0 Å². The molecule has 2 aliphatic rings. The van der Waals surface area contributed by atoms with Crippen molar-refractivity contribution in [2.45, 2.75) is 11.7 Å². The predicted octanol–water partition coefficient (Wildman–Crippen LogP) is 2.02. The van der Waals surface area contributed by atoms with E-state index < -0.39 is 10.0 Å². The number of fused-ring (bicyclic) bond motifs is 1. The summed E-state index contributed by atoms with van der Waals surface area (Å²) in [6, 6.07) is 14.8. The quantitative estimate of drug-likeness (QED) is 0.691. The summed E-state index contributed by atoms with van der Waals surface area (Å²) in [5.74, 6) is 1.09. The molecule has 0 amide bonds. The predicted molar refractivity (Wildman–Crippen MR) is 110 cm³/mol. The maximum Gasteiger partial charge on any atom is 0.240 e. The summed E-state index contributed by atoms with van der Waals surface area (Å²) in [5, 5.41) is 8.58. The molecule has 1 fully saturated rings. The first-order valence-electron chi connectivity index (χ1n) is 9.55. The first-order chi connectivity index (χ1) is 14.0. The van der Waals surface area contributed by atoms with E-state index in [1.807, 2.05) is 24.3 Å². The van der Waals surface area contributed by atoms with Crippen molar-refractivity contribution in [1.29, 1.82) is 5.26 Å². The van der Waals surface area contributed by atoms with Crippen LogP contribution in [0.1, 0.15) is 11.1 Å². The largest absolute Gasteiger partial charge is 0.493 e. The van der Waals surface area contributed by atoms with Gasteiger partial charge in [-0.1, -0.05) is 18.2 Å². The molecule has 0 aromatic heterocycles. The van der Waals surface area contributed by atoms with Crippen molar-refractivity contribution in [3.8, 4) is 17.6 Å². The van der Waals surface area contributed by atoms with E-state index in [2.05, 4.69) is 11.0 Å². The Balaban J connectivity index is 1.29. The van der Waals surface area contributed by atoms with Crippen molar-refractivity contribution in [3.05, 3.63) is 53.6 Å². The highest BCUT2D eigenvalue weighted by Gasteiger charge is 2.42. The first kappa shape index (κ1) is 19.6. The molecule has 4 rings (SSSR count). The van der Waals surface area contributed by atoms with Crippen LogP contribution in [-0.4, -0.2) is 58.5 Å². The summed E-state index contributed by atoms with van der Waals surface area (Å²) in [6.45, 7) is 2.59. The molecule has 0 atom stereocenters. The van der Waals surface area contributed by atoms with Gasteiger partial charge in [-0.15, -0.1) is 0 Å². The highest BCUT2D eigenvalue weighted by molar-refractivity contribution is 7.93. The van der Waals surface area contributed by atoms with E-state index in [-0.39, 0.29) is 5.25 Å². The number of rotatable bonds is 7. The zero-order valence-electron chi connectivity index (χ0n) is 16.2. The van der Waals surface area contributed by atoms with Gasteiger partial charge in [-0.25, -0.2) is 8.42 Å². The fraction of sp³-hybridized carbons (Fsp3) is 0.381. The van der Waals surface area contributed by atoms with Gasteiger partial charge in [0.25, 0.3) is 0 Å². The van der Waals surface area contributed by atoms with Crippen LogP contribution in [0.15, 0.2) is 42.5 Å². The fourth-order valence-corrected chi connectivity index (χ4v) is 5.74. The van der Waals surface area contributed by atoms with Crippen molar-refractivity contribution < 1.29 is 17.9 Å². The molecule has 2 aromatic rings. The highest BCUT2D eigenvalue weighted by Crippen LogP contribution is 2.33. The lowest BCUT2D eigenvalue weighted by Crippen LogP contribution is -2.58. The molecule has 0 unspecified atom stereocenters. The van der Waals surface area contributed by atoms with Crippen LogP contribution >= 0.6 is 0 Å². The number of nitriles is 1. The molecule has 1 saturated heterocycles. The lowest BCUT2D eigenvalue weighted by Gasteiger charge is -2.40. The fourth-order valence-electron chi connectivity index (χ4n) is 3.79. The number of hydrogen-bond donors (Lipinski definition) is 0. The number of methoxy groups -OCH3 is 1. The molecule has 0 bridgehead atoms. The second-order valence-corrected chi connectivity index (χ2v) is 9.34. The van der Waals surface area contributed by atoms with Crippen LogP contribution in [0.3, 0.4) is 0 Å². The van der Waals surface area contributed by atoms with Crippen LogP contribution in [0.25, 0.3) is 0 Å². The monoisotopic (exact) mass is 413 g/mol. The molecule has 7 nitrogen and oxygen atoms in total. The summed E-state index contributed by atoms with van der Waals surface area (Å²) in [5.41, 5.74) is 2.42. The number of nitrogens with zero attached hydrogens (tertiary/aromatic N) is 3. The molecule has 29 heavy (non-hydrogen) atoms. The van der Waals surface area contributed by atoms with Gasteiger partial charge < -0.3 is 9.47 Å². The minimum atomic E-state index is -3.34. The number of para-hydroxylation sites is 1. The molecule has 0 saturated carbocycles. The minimum Gasteiger partial charge on any atom is -0.493 e. The SMILES string of the molecule is COc1cc(C#N)ccc1OCCN1CC(S(=O)(=O)N2CCc3ccccc32)C1. The van der Waals surface area contributed by atoms with Gasteiger partial charge in [-0.3, -0.25) is 9.21 Å². The molecular formula is C21H23N3O4S. The van der Waals surface area contributed by atoms with Gasteiger partial charge >= 0.3 is 0 Å². The average Bonchev–Trinajstić information content (AvgIpc) is 3.14. The summed E-state index contributed by atoms with van der Waals surface area (Å²) < 4.78 is 38.6. The van der Waals surface area contributed by atoms with Crippen LogP contribution in [0.5, 0.6) is 11.5 Å². The summed E-state index contributed by atoms with van der Waals surface area (Å²) in [6.07, 6.45) is 0.770. The molecular weight excluding hydrogens is 390 g/mol. The first-order valence-corrected chi connectivity index (χ1v) is 11.1. The number of likely N-dealkylation sites (tertiary alicyclic amines) is 1. The van der Waals surface area contributed by atoms with Crippen LogP contribution in [0.2, 0.25) is 0 Å². The minimum absolute atomic E-state index is 0.377. The molecule has 2 aliphatic heterocycles. The molecule has 0 radical (unpaired) electrons. The maximum atomic E-state index is 13.0. The number of benzene rings is 2. The van der Waals surface area contributed by atoms with Gasteiger partial charge in [-0.2, -0.15) is 5.26 Å². The lowest BCUT2D eigenvalue weighted by atomic mass is 10.2. The number of sulfonamides is 1. The standard InChI is InChI=1S/C21H23N3O4S/c1-27-21-12-16(13-22)6-7-20(21)28-11-10-23-14-18(15-23)29(25,26)24-9-8-17-4-2-3-5-19(17)24/h2-7,12,18H,8-11,14-15H2,1H3. The van der Waals surface area contributed by atoms with E-state index in [0.29, 0.717) is 49.8 Å². The van der Waals surface area contributed by atoms with Crippen LogP contribution in [0.4, 0.5) is 5.69 Å². The average molecular weight is 413 g/mol. The third-order valence-electron chi connectivity index (χ3n) is 5.45. The van der Waals surface area contributed by atoms with Gasteiger partial charge in [0.15, 0.2) is 11.5 Å². The van der Waals surface area contributed by atoms with Gasteiger partial charge in [-0.05, 0) is 30.2 Å². The van der Waals surface area contributed by atoms with Crippen LogP contribution < -0.4 is 13.8 Å². The Morgan fingerprint density at radius 2 is 1.97 bits per heavy atom. The number of anilines is 1. The van der Waals surface area contributed by atoms with Gasteiger partial charge in [0.05, 0.1) is 24.4 Å². The normalized spacial score (nSPS) is 16.8. The van der Waals surface area contributed by atoms with Gasteiger partial charge in [0.1, 0.15) is 11.9 Å². The van der Waals surface area contributed by atoms with E-state index in [0.717, 1.165) is 17.7 Å². The van der Waals surface area contributed by atoms with Crippen molar-refractivity contribution >= 4 is 15.7 Å². The third-order valence-corrected chi connectivity index (χ3v) is 7.59. The Morgan fingerprint density at radius 3 is 2.72 bits per heavy atom. The van der Waals surface area contributed by atoms with Crippen LogP contribution in [0, 0.1) is 11.3 Å². The molecule has 8 heteroatoms. The zero-order valence-corrected chi connectivity index (χ0v) is 17.1. The van der Waals surface area contributed by atoms with E-state index in [4.69, 9.17) is 14.7 Å². The smallest absolute Gasteiger partial charge is 0.240 e. The lowest BCUT2D eigenvalue weighted by molar-refractivity contribution is 0.148. The Kier molecular flexibility index (Phi) is 5.35. The Hall–Kier alpha value is -2.76. The molecule has 0 aliphatic carbocycles. The van der Waals surface area contributed by atoms with E-state index in [1.165, 1.54) is 7.11 Å². The molecule has 152 valence electrons. The highest BCUT2D eigenvalue weighted by atomic mass is 32.2. The third kappa shape index (κ3) is 3.76.